The lowest BCUT2D eigenvalue weighted by Gasteiger charge is -2.28. The lowest BCUT2D eigenvalue weighted by molar-refractivity contribution is 0.590. The highest BCUT2D eigenvalue weighted by molar-refractivity contribution is 6.35. The lowest BCUT2D eigenvalue weighted by Crippen LogP contribution is -2.14. The molecular weight excluding hydrogens is 397 g/mol. The Labute approximate surface area is 185 Å². The molecule has 0 atom stereocenters. The predicted molar refractivity (Wildman–Crippen MR) is 129 cm³/mol. The molecule has 3 rings (SSSR count). The van der Waals surface area contributed by atoms with Crippen LogP contribution >= 0.6 is 23.2 Å². The SMILES string of the molecule is CC(C)(C)c1ccc(N(c2ccc(C(C)(C)C)cc2)c2cc(Cl)cc(Cl)c2)cc1. The first kappa shape index (κ1) is 21.7. The van der Waals surface area contributed by atoms with E-state index in [9.17, 15) is 0 Å². The van der Waals surface area contributed by atoms with Crippen LogP contribution in [0.15, 0.2) is 66.7 Å². The molecule has 29 heavy (non-hydrogen) atoms. The van der Waals surface area contributed by atoms with Crippen LogP contribution in [-0.4, -0.2) is 0 Å². The summed E-state index contributed by atoms with van der Waals surface area (Å²) < 4.78 is 0. The summed E-state index contributed by atoms with van der Waals surface area (Å²) in [4.78, 5) is 2.19. The fourth-order valence-electron chi connectivity index (χ4n) is 3.34. The average Bonchev–Trinajstić information content (AvgIpc) is 2.60. The van der Waals surface area contributed by atoms with Gasteiger partial charge in [-0.05, 0) is 64.4 Å². The largest absolute Gasteiger partial charge is 0.310 e. The molecule has 0 heterocycles. The van der Waals surface area contributed by atoms with Crippen LogP contribution in [-0.2, 0) is 10.8 Å². The van der Waals surface area contributed by atoms with Gasteiger partial charge in [0.05, 0.1) is 0 Å². The zero-order valence-corrected chi connectivity index (χ0v) is 19.6. The molecule has 0 aliphatic carbocycles. The number of hydrogen-bond donors (Lipinski definition) is 0. The highest BCUT2D eigenvalue weighted by Crippen LogP contribution is 2.39. The third-order valence-corrected chi connectivity index (χ3v) is 5.53. The first-order chi connectivity index (χ1) is 13.4. The molecule has 0 amide bonds. The van der Waals surface area contributed by atoms with Crippen molar-refractivity contribution in [3.8, 4) is 0 Å². The predicted octanol–water partition coefficient (Wildman–Crippen LogP) is 9.06. The van der Waals surface area contributed by atoms with E-state index in [-0.39, 0.29) is 10.8 Å². The normalized spacial score (nSPS) is 12.1. The van der Waals surface area contributed by atoms with Crippen molar-refractivity contribution in [3.05, 3.63) is 87.9 Å². The average molecular weight is 426 g/mol. The van der Waals surface area contributed by atoms with Crippen molar-refractivity contribution in [2.24, 2.45) is 0 Å². The van der Waals surface area contributed by atoms with Gasteiger partial charge in [-0.25, -0.2) is 0 Å². The van der Waals surface area contributed by atoms with Gasteiger partial charge in [-0.1, -0.05) is 89.0 Å². The quantitative estimate of drug-likeness (QED) is 0.404. The molecule has 0 saturated heterocycles. The van der Waals surface area contributed by atoms with Crippen molar-refractivity contribution in [1.82, 2.24) is 0 Å². The van der Waals surface area contributed by atoms with E-state index in [0.29, 0.717) is 10.0 Å². The second-order valence-corrected chi connectivity index (χ2v) is 10.4. The van der Waals surface area contributed by atoms with E-state index in [1.807, 2.05) is 12.1 Å². The van der Waals surface area contributed by atoms with Crippen molar-refractivity contribution in [2.75, 3.05) is 4.90 Å². The summed E-state index contributed by atoms with van der Waals surface area (Å²) >= 11 is 12.7. The van der Waals surface area contributed by atoms with E-state index in [1.165, 1.54) is 11.1 Å². The molecule has 3 heteroatoms. The van der Waals surface area contributed by atoms with Gasteiger partial charge in [0.25, 0.3) is 0 Å². The van der Waals surface area contributed by atoms with Gasteiger partial charge >= 0.3 is 0 Å². The fraction of sp³-hybridized carbons (Fsp3) is 0.308. The van der Waals surface area contributed by atoms with E-state index in [4.69, 9.17) is 23.2 Å². The number of benzene rings is 3. The van der Waals surface area contributed by atoms with Crippen LogP contribution in [0.2, 0.25) is 10.0 Å². The minimum atomic E-state index is 0.108. The molecule has 1 nitrogen and oxygen atoms in total. The van der Waals surface area contributed by atoms with Crippen LogP contribution in [0.1, 0.15) is 52.7 Å². The second kappa shape index (κ2) is 8.05. The zero-order chi connectivity index (χ0) is 21.4. The van der Waals surface area contributed by atoms with Crippen LogP contribution in [0.25, 0.3) is 0 Å². The number of halogens is 2. The molecule has 0 saturated carbocycles. The molecule has 3 aromatic rings. The molecule has 152 valence electrons. The second-order valence-electron chi connectivity index (χ2n) is 9.56. The van der Waals surface area contributed by atoms with Crippen molar-refractivity contribution in [3.63, 3.8) is 0 Å². The van der Waals surface area contributed by atoms with Gasteiger partial charge in [-0.15, -0.1) is 0 Å². The summed E-state index contributed by atoms with van der Waals surface area (Å²) in [5.41, 5.74) is 5.89. The van der Waals surface area contributed by atoms with Gasteiger partial charge in [-0.2, -0.15) is 0 Å². The molecule has 0 fully saturated rings. The molecule has 0 unspecified atom stereocenters. The summed E-state index contributed by atoms with van der Waals surface area (Å²) in [6.07, 6.45) is 0. The summed E-state index contributed by atoms with van der Waals surface area (Å²) in [6, 6.07) is 23.1. The first-order valence-electron chi connectivity index (χ1n) is 9.92. The van der Waals surface area contributed by atoms with Gasteiger partial charge in [0, 0.05) is 27.1 Å². The molecule has 0 aromatic heterocycles. The minimum Gasteiger partial charge on any atom is -0.310 e. The standard InChI is InChI=1S/C26H29Cl2N/c1-25(2,3)18-7-11-22(12-8-18)29(24-16-20(27)15-21(28)17-24)23-13-9-19(10-14-23)26(4,5)6/h7-17H,1-6H3. The molecule has 0 aliphatic heterocycles. The van der Waals surface area contributed by atoms with E-state index < -0.39 is 0 Å². The highest BCUT2D eigenvalue weighted by Gasteiger charge is 2.18. The Kier molecular flexibility index (Phi) is 6.03. The maximum Gasteiger partial charge on any atom is 0.0491 e. The molecule has 3 aromatic carbocycles. The minimum absolute atomic E-state index is 0.108. The van der Waals surface area contributed by atoms with Gasteiger partial charge in [-0.3, -0.25) is 0 Å². The first-order valence-corrected chi connectivity index (χ1v) is 10.7. The topological polar surface area (TPSA) is 3.24 Å². The smallest absolute Gasteiger partial charge is 0.0491 e. The zero-order valence-electron chi connectivity index (χ0n) is 18.1. The van der Waals surface area contributed by atoms with E-state index in [0.717, 1.165) is 17.1 Å². The van der Waals surface area contributed by atoms with Gasteiger partial charge in [0.1, 0.15) is 0 Å². The lowest BCUT2D eigenvalue weighted by atomic mass is 9.86. The number of nitrogens with zero attached hydrogens (tertiary/aromatic N) is 1. The van der Waals surface area contributed by atoms with Gasteiger partial charge in [0.15, 0.2) is 0 Å². The monoisotopic (exact) mass is 425 g/mol. The molecule has 0 radical (unpaired) electrons. The van der Waals surface area contributed by atoms with E-state index in [1.54, 1.807) is 6.07 Å². The Morgan fingerprint density at radius 3 is 1.17 bits per heavy atom. The Bertz CT molecular complexity index is 897. The van der Waals surface area contributed by atoms with E-state index >= 15 is 0 Å². The number of anilines is 3. The molecule has 0 aliphatic rings. The Morgan fingerprint density at radius 2 is 0.862 bits per heavy atom. The maximum absolute atomic E-state index is 6.33. The highest BCUT2D eigenvalue weighted by atomic mass is 35.5. The molecule has 0 N–H and O–H groups in total. The van der Waals surface area contributed by atoms with Crippen molar-refractivity contribution >= 4 is 40.3 Å². The Morgan fingerprint density at radius 1 is 0.517 bits per heavy atom. The van der Waals surface area contributed by atoms with Gasteiger partial charge < -0.3 is 4.90 Å². The molecular formula is C26H29Cl2N. The van der Waals surface area contributed by atoms with Crippen molar-refractivity contribution in [2.45, 2.75) is 52.4 Å². The van der Waals surface area contributed by atoms with Crippen LogP contribution in [0.5, 0.6) is 0 Å². The third kappa shape index (κ3) is 5.15. The van der Waals surface area contributed by atoms with Gasteiger partial charge in [0.2, 0.25) is 0 Å². The summed E-state index contributed by atoms with van der Waals surface area (Å²) in [5, 5.41) is 1.24. The Balaban J connectivity index is 2.12. The molecule has 0 bridgehead atoms. The fourth-order valence-corrected chi connectivity index (χ4v) is 3.85. The number of hydrogen-bond acceptors (Lipinski definition) is 1. The number of rotatable bonds is 3. The van der Waals surface area contributed by atoms with Crippen LogP contribution in [0, 0.1) is 0 Å². The van der Waals surface area contributed by atoms with Crippen molar-refractivity contribution < 1.29 is 0 Å². The van der Waals surface area contributed by atoms with E-state index in [2.05, 4.69) is 95.0 Å². The van der Waals surface area contributed by atoms with Crippen LogP contribution in [0.3, 0.4) is 0 Å². The van der Waals surface area contributed by atoms with Crippen LogP contribution in [0.4, 0.5) is 17.1 Å². The maximum atomic E-state index is 6.33. The van der Waals surface area contributed by atoms with Crippen LogP contribution < -0.4 is 4.90 Å². The Hall–Kier alpha value is -1.96. The van der Waals surface area contributed by atoms with Crippen molar-refractivity contribution in [1.29, 1.82) is 0 Å². The third-order valence-electron chi connectivity index (χ3n) is 5.09. The summed E-state index contributed by atoms with van der Waals surface area (Å²) in [7, 11) is 0. The summed E-state index contributed by atoms with van der Waals surface area (Å²) in [5.74, 6) is 0. The summed E-state index contributed by atoms with van der Waals surface area (Å²) in [6.45, 7) is 13.3. The molecule has 0 spiro atoms.